The van der Waals surface area contributed by atoms with Gasteiger partial charge in [-0.1, -0.05) is 0 Å². The molecule has 0 atom stereocenters. The molecule has 0 aliphatic carbocycles. The van der Waals surface area contributed by atoms with Crippen LogP contribution in [0, 0.1) is 12.8 Å². The molecule has 43 heavy (non-hydrogen) atoms. The van der Waals surface area contributed by atoms with Crippen molar-refractivity contribution in [3.63, 3.8) is 0 Å². The number of hydrogen-bond acceptors (Lipinski definition) is 10. The highest BCUT2D eigenvalue weighted by atomic mass is 16.6. The van der Waals surface area contributed by atoms with E-state index in [-0.39, 0.29) is 5.97 Å². The topological polar surface area (TPSA) is 120 Å². The number of carbonyl (C=O) groups is 1. The van der Waals surface area contributed by atoms with E-state index < -0.39 is 5.60 Å². The molecule has 0 saturated carbocycles. The molecule has 1 aliphatic rings. The van der Waals surface area contributed by atoms with Gasteiger partial charge < -0.3 is 24.3 Å². The summed E-state index contributed by atoms with van der Waals surface area (Å²) >= 11 is 0. The molecule has 0 radical (unpaired) electrons. The number of piperidine rings is 1. The zero-order valence-corrected chi connectivity index (χ0v) is 25.2. The van der Waals surface area contributed by atoms with Crippen molar-refractivity contribution >= 4 is 45.5 Å². The van der Waals surface area contributed by atoms with E-state index in [2.05, 4.69) is 30.2 Å². The van der Waals surface area contributed by atoms with E-state index in [9.17, 15) is 4.79 Å². The van der Waals surface area contributed by atoms with Gasteiger partial charge in [0.25, 0.3) is 0 Å². The molecule has 2 aromatic carbocycles. The van der Waals surface area contributed by atoms with Crippen LogP contribution in [-0.4, -0.2) is 54.1 Å². The van der Waals surface area contributed by atoms with Crippen molar-refractivity contribution in [2.24, 2.45) is 13.0 Å². The van der Waals surface area contributed by atoms with Gasteiger partial charge in [-0.05, 0) is 82.3 Å². The van der Waals surface area contributed by atoms with Crippen molar-refractivity contribution in [2.75, 3.05) is 23.3 Å². The number of anilines is 3. The van der Waals surface area contributed by atoms with E-state index >= 15 is 0 Å². The Bertz CT molecular complexity index is 1790. The van der Waals surface area contributed by atoms with Gasteiger partial charge in [0.15, 0.2) is 5.82 Å². The van der Waals surface area contributed by atoms with Gasteiger partial charge in [-0.2, -0.15) is 0 Å². The van der Waals surface area contributed by atoms with Crippen LogP contribution < -0.4 is 15.0 Å². The number of rotatable bonds is 7. The summed E-state index contributed by atoms with van der Waals surface area (Å²) in [6.07, 6.45) is 7.23. The molecule has 1 saturated heterocycles. The van der Waals surface area contributed by atoms with Crippen molar-refractivity contribution in [3.8, 4) is 11.5 Å². The number of fused-ring (bicyclic) bond motifs is 2. The Morgan fingerprint density at radius 2 is 1.84 bits per heavy atom. The maximum atomic E-state index is 12.3. The minimum Gasteiger partial charge on any atom is -0.460 e. The van der Waals surface area contributed by atoms with Gasteiger partial charge in [-0.25, -0.2) is 24.9 Å². The lowest BCUT2D eigenvalue weighted by Crippen LogP contribution is -2.36. The quantitative estimate of drug-likeness (QED) is 0.226. The summed E-state index contributed by atoms with van der Waals surface area (Å²) in [5, 5.41) is 3.40. The smallest absolute Gasteiger partial charge is 0.306 e. The van der Waals surface area contributed by atoms with Crippen LogP contribution in [0.1, 0.15) is 45.6 Å². The second-order valence-electron chi connectivity index (χ2n) is 12.1. The standard InChI is InChI=1S/C32H36N8O3/c1-20-14-22(6-9-27(20)42-23-7-8-26-24(16-23)36-19-39(26)5)37-30-29-25(34-18-35-30)17-33-31(38-29)40-12-10-21(11-13-40)15-28(41)43-32(2,3)4/h6-9,14,16-19,21H,10-13,15H2,1-5H3,(H,34,35,37). The zero-order chi connectivity index (χ0) is 30.1. The van der Waals surface area contributed by atoms with Crippen LogP contribution in [0.15, 0.2) is 55.2 Å². The van der Waals surface area contributed by atoms with Crippen molar-refractivity contribution in [3.05, 3.63) is 60.8 Å². The Labute approximate surface area is 250 Å². The molecule has 1 fully saturated rings. The molecule has 1 N–H and O–H groups in total. The Kier molecular flexibility index (Phi) is 7.55. The summed E-state index contributed by atoms with van der Waals surface area (Å²) in [5.41, 5.74) is 4.60. The number of hydrogen-bond donors (Lipinski definition) is 1. The molecule has 0 spiro atoms. The average molecular weight is 581 g/mol. The summed E-state index contributed by atoms with van der Waals surface area (Å²) in [7, 11) is 1.97. The molecular weight excluding hydrogens is 544 g/mol. The number of nitrogens with one attached hydrogen (secondary N) is 1. The average Bonchev–Trinajstić information content (AvgIpc) is 3.33. The van der Waals surface area contributed by atoms with Gasteiger partial charge in [-0.15, -0.1) is 0 Å². The minimum atomic E-state index is -0.463. The highest BCUT2D eigenvalue weighted by Crippen LogP contribution is 2.31. The summed E-state index contributed by atoms with van der Waals surface area (Å²) in [4.78, 5) is 37.2. The zero-order valence-electron chi connectivity index (χ0n) is 25.2. The molecule has 11 nitrogen and oxygen atoms in total. The molecule has 4 heterocycles. The van der Waals surface area contributed by atoms with E-state index in [0.29, 0.717) is 35.1 Å². The normalized spacial score (nSPS) is 14.3. The van der Waals surface area contributed by atoms with Gasteiger partial charge >= 0.3 is 5.97 Å². The number of aryl methyl sites for hydroxylation is 2. The van der Waals surface area contributed by atoms with Crippen LogP contribution in [0.3, 0.4) is 0 Å². The first-order valence-corrected chi connectivity index (χ1v) is 14.5. The fourth-order valence-corrected chi connectivity index (χ4v) is 5.33. The Morgan fingerprint density at radius 1 is 1.02 bits per heavy atom. The van der Waals surface area contributed by atoms with Gasteiger partial charge in [0, 0.05) is 38.3 Å². The largest absolute Gasteiger partial charge is 0.460 e. The van der Waals surface area contributed by atoms with Gasteiger partial charge in [-0.3, -0.25) is 4.79 Å². The van der Waals surface area contributed by atoms with Crippen molar-refractivity contribution in [1.29, 1.82) is 0 Å². The lowest BCUT2D eigenvalue weighted by atomic mass is 9.93. The number of esters is 1. The Balaban J connectivity index is 1.14. The molecule has 3 aromatic heterocycles. The predicted octanol–water partition coefficient (Wildman–Crippen LogP) is 6.10. The highest BCUT2D eigenvalue weighted by molar-refractivity contribution is 5.87. The number of benzene rings is 2. The first kappa shape index (κ1) is 28.3. The fourth-order valence-electron chi connectivity index (χ4n) is 5.33. The molecule has 1 aliphatic heterocycles. The number of carbonyl (C=O) groups excluding carboxylic acids is 1. The van der Waals surface area contributed by atoms with Gasteiger partial charge in [0.05, 0.1) is 23.6 Å². The van der Waals surface area contributed by atoms with E-state index in [1.807, 2.05) is 75.7 Å². The SMILES string of the molecule is Cc1cc(Nc2ncnc3cnc(N4CCC(CC(=O)OC(C)(C)C)CC4)nc23)ccc1Oc1ccc2c(c1)ncn2C. The Hall–Kier alpha value is -4.80. The first-order chi connectivity index (χ1) is 20.6. The third-order valence-electron chi connectivity index (χ3n) is 7.50. The van der Waals surface area contributed by atoms with Crippen molar-refractivity contribution in [2.45, 2.75) is 52.6 Å². The summed E-state index contributed by atoms with van der Waals surface area (Å²) < 4.78 is 13.7. The molecule has 6 rings (SSSR count). The van der Waals surface area contributed by atoms with E-state index in [1.165, 1.54) is 6.33 Å². The molecule has 0 amide bonds. The first-order valence-electron chi connectivity index (χ1n) is 14.5. The summed E-state index contributed by atoms with van der Waals surface area (Å²) in [5.74, 6) is 2.87. The minimum absolute atomic E-state index is 0.137. The fraction of sp³-hybridized carbons (Fsp3) is 0.375. The van der Waals surface area contributed by atoms with Crippen molar-refractivity contribution < 1.29 is 14.3 Å². The van der Waals surface area contributed by atoms with Crippen LogP contribution in [0.4, 0.5) is 17.5 Å². The number of ether oxygens (including phenoxy) is 2. The molecule has 11 heteroatoms. The Morgan fingerprint density at radius 3 is 2.60 bits per heavy atom. The highest BCUT2D eigenvalue weighted by Gasteiger charge is 2.26. The van der Waals surface area contributed by atoms with Crippen LogP contribution in [-0.2, 0) is 16.6 Å². The molecule has 222 valence electrons. The van der Waals surface area contributed by atoms with Crippen molar-refractivity contribution in [1.82, 2.24) is 29.5 Å². The monoisotopic (exact) mass is 580 g/mol. The van der Waals surface area contributed by atoms with Gasteiger partial charge in [0.1, 0.15) is 34.5 Å². The molecule has 5 aromatic rings. The number of imidazole rings is 1. The van der Waals surface area contributed by atoms with Crippen LogP contribution in [0.25, 0.3) is 22.1 Å². The van der Waals surface area contributed by atoms with E-state index in [1.54, 1.807) is 12.5 Å². The van der Waals surface area contributed by atoms with Crippen LogP contribution >= 0.6 is 0 Å². The second kappa shape index (κ2) is 11.5. The summed E-state index contributed by atoms with van der Waals surface area (Å²) in [6, 6.07) is 11.8. The second-order valence-corrected chi connectivity index (χ2v) is 12.1. The molecular formula is C32H36N8O3. The van der Waals surface area contributed by atoms with Crippen LogP contribution in [0.5, 0.6) is 11.5 Å². The van der Waals surface area contributed by atoms with E-state index in [4.69, 9.17) is 14.5 Å². The van der Waals surface area contributed by atoms with Gasteiger partial charge in [0.2, 0.25) is 5.95 Å². The third kappa shape index (κ3) is 6.50. The maximum Gasteiger partial charge on any atom is 0.306 e. The van der Waals surface area contributed by atoms with Crippen LogP contribution in [0.2, 0.25) is 0 Å². The lowest BCUT2D eigenvalue weighted by Gasteiger charge is -2.32. The van der Waals surface area contributed by atoms with E-state index in [0.717, 1.165) is 59.7 Å². The molecule has 0 bridgehead atoms. The maximum absolute atomic E-state index is 12.3. The lowest BCUT2D eigenvalue weighted by molar-refractivity contribution is -0.156. The number of nitrogens with zero attached hydrogens (tertiary/aromatic N) is 7. The molecule has 0 unspecified atom stereocenters. The summed E-state index contributed by atoms with van der Waals surface area (Å²) in [6.45, 7) is 9.23. The predicted molar refractivity (Wildman–Crippen MR) is 166 cm³/mol. The third-order valence-corrected chi connectivity index (χ3v) is 7.50. The number of aromatic nitrogens is 6.